The number of carboxylic acid groups (broad SMARTS) is 1. The highest BCUT2D eigenvalue weighted by molar-refractivity contribution is 9.10. The van der Waals surface area contributed by atoms with Gasteiger partial charge in [0.15, 0.2) is 0 Å². The molecule has 1 aliphatic carbocycles. The first-order valence-electron chi connectivity index (χ1n) is 10.3. The molecule has 4 rings (SSSR count). The van der Waals surface area contributed by atoms with Gasteiger partial charge < -0.3 is 20.5 Å². The van der Waals surface area contributed by atoms with Gasteiger partial charge in [-0.05, 0) is 62.8 Å². The van der Waals surface area contributed by atoms with Gasteiger partial charge in [-0.25, -0.2) is 9.59 Å². The molecular formula is C25H21BrN2O5. The molecular weight excluding hydrogens is 488 g/mol. The zero-order chi connectivity index (χ0) is 23.5. The molecule has 0 radical (unpaired) electrons. The van der Waals surface area contributed by atoms with Crippen LogP contribution in [0.15, 0.2) is 65.1 Å². The quantitative estimate of drug-likeness (QED) is 0.437. The maximum absolute atomic E-state index is 12.3. The number of nitrogens with one attached hydrogen (secondary N) is 2. The van der Waals surface area contributed by atoms with E-state index < -0.39 is 18.0 Å². The number of alkyl carbamates (subject to hydrolysis) is 1. The van der Waals surface area contributed by atoms with E-state index in [-0.39, 0.29) is 24.6 Å². The fourth-order valence-electron chi connectivity index (χ4n) is 3.97. The van der Waals surface area contributed by atoms with Gasteiger partial charge in [-0.15, -0.1) is 0 Å². The summed E-state index contributed by atoms with van der Waals surface area (Å²) in [4.78, 5) is 35.8. The predicted octanol–water partition coefficient (Wildman–Crippen LogP) is 4.93. The molecule has 33 heavy (non-hydrogen) atoms. The molecule has 0 fully saturated rings. The van der Waals surface area contributed by atoms with Gasteiger partial charge in [0.1, 0.15) is 13.2 Å². The van der Waals surface area contributed by atoms with E-state index in [4.69, 9.17) is 4.74 Å². The molecule has 2 amide bonds. The van der Waals surface area contributed by atoms with Crippen molar-refractivity contribution in [3.63, 3.8) is 0 Å². The normalized spacial score (nSPS) is 11.9. The monoisotopic (exact) mass is 508 g/mol. The highest BCUT2D eigenvalue weighted by atomic mass is 79.9. The summed E-state index contributed by atoms with van der Waals surface area (Å²) < 4.78 is 5.84. The topological polar surface area (TPSA) is 105 Å². The van der Waals surface area contributed by atoms with Gasteiger partial charge in [-0.1, -0.05) is 48.5 Å². The molecule has 0 aliphatic heterocycles. The number of carboxylic acids is 1. The zero-order valence-electron chi connectivity index (χ0n) is 17.7. The Bertz CT molecular complexity index is 1210. The molecule has 168 valence electrons. The smallest absolute Gasteiger partial charge is 0.407 e. The zero-order valence-corrected chi connectivity index (χ0v) is 19.3. The predicted molar refractivity (Wildman–Crippen MR) is 128 cm³/mol. The number of hydrogen-bond donors (Lipinski definition) is 3. The molecule has 0 unspecified atom stereocenters. The van der Waals surface area contributed by atoms with Crippen LogP contribution in [0.3, 0.4) is 0 Å². The molecule has 0 aromatic heterocycles. The fourth-order valence-corrected chi connectivity index (χ4v) is 4.59. The van der Waals surface area contributed by atoms with Gasteiger partial charge >= 0.3 is 12.1 Å². The summed E-state index contributed by atoms with van der Waals surface area (Å²) in [5, 5.41) is 14.3. The second kappa shape index (κ2) is 9.46. The van der Waals surface area contributed by atoms with E-state index >= 15 is 0 Å². The molecule has 8 heteroatoms. The average molecular weight is 509 g/mol. The minimum atomic E-state index is -1.12. The van der Waals surface area contributed by atoms with Crippen molar-refractivity contribution in [2.45, 2.75) is 12.8 Å². The van der Waals surface area contributed by atoms with Crippen LogP contribution in [-0.4, -0.2) is 36.2 Å². The van der Waals surface area contributed by atoms with Gasteiger partial charge in [0.05, 0.1) is 5.56 Å². The molecule has 0 spiro atoms. The van der Waals surface area contributed by atoms with Gasteiger partial charge in [0.2, 0.25) is 5.91 Å². The summed E-state index contributed by atoms with van der Waals surface area (Å²) >= 11 is 3.20. The lowest BCUT2D eigenvalue weighted by Crippen LogP contribution is -2.34. The van der Waals surface area contributed by atoms with Crippen molar-refractivity contribution in [1.82, 2.24) is 5.32 Å². The number of carbonyl (C=O) groups is 3. The van der Waals surface area contributed by atoms with E-state index in [0.29, 0.717) is 15.7 Å². The molecule has 0 bridgehead atoms. The summed E-state index contributed by atoms with van der Waals surface area (Å²) in [6.07, 6.45) is -0.703. The van der Waals surface area contributed by atoms with E-state index in [0.717, 1.165) is 22.3 Å². The summed E-state index contributed by atoms with van der Waals surface area (Å²) in [5.74, 6) is -1.68. The Morgan fingerprint density at radius 2 is 1.61 bits per heavy atom. The number of halogens is 1. The van der Waals surface area contributed by atoms with Crippen molar-refractivity contribution < 1.29 is 24.2 Å². The van der Waals surface area contributed by atoms with Crippen LogP contribution in [0.25, 0.3) is 11.1 Å². The molecule has 3 aromatic carbocycles. The van der Waals surface area contributed by atoms with E-state index in [9.17, 15) is 19.5 Å². The third-order valence-corrected chi connectivity index (χ3v) is 6.21. The van der Waals surface area contributed by atoms with Crippen LogP contribution in [0.4, 0.5) is 10.5 Å². The van der Waals surface area contributed by atoms with Crippen molar-refractivity contribution in [3.05, 3.63) is 87.4 Å². The number of benzene rings is 3. The fraction of sp³-hybridized carbons (Fsp3) is 0.160. The first-order chi connectivity index (χ1) is 15.8. The second-order valence-corrected chi connectivity index (χ2v) is 8.53. The van der Waals surface area contributed by atoms with Crippen LogP contribution >= 0.6 is 15.9 Å². The first kappa shape index (κ1) is 22.5. The number of hydrogen-bond acceptors (Lipinski definition) is 4. The summed E-state index contributed by atoms with van der Waals surface area (Å²) in [7, 11) is 0. The van der Waals surface area contributed by atoms with Crippen LogP contribution in [0.2, 0.25) is 0 Å². The molecule has 7 nitrogen and oxygen atoms in total. The van der Waals surface area contributed by atoms with Gasteiger partial charge in [-0.3, -0.25) is 4.79 Å². The minimum absolute atomic E-state index is 0.0281. The number of aryl methyl sites for hydroxylation is 1. The summed E-state index contributed by atoms with van der Waals surface area (Å²) in [6.45, 7) is 1.58. The molecule has 3 aromatic rings. The van der Waals surface area contributed by atoms with Crippen LogP contribution in [-0.2, 0) is 9.53 Å². The SMILES string of the molecule is Cc1cc(Br)c(C(=O)O)cc1NC(=O)CNC(=O)OCC1c2ccccc2-c2ccccc21. The molecule has 3 N–H and O–H groups in total. The Kier molecular flexibility index (Phi) is 6.46. The standard InChI is InChI=1S/C25H21BrN2O5/c1-14-10-21(26)19(24(30)31)11-22(14)28-23(29)12-27-25(32)33-13-20-17-8-4-2-6-15(17)16-7-3-5-9-18(16)20/h2-11,20H,12-13H2,1H3,(H,27,32)(H,28,29)(H,30,31). The number of amides is 2. The highest BCUT2D eigenvalue weighted by Gasteiger charge is 2.29. The van der Waals surface area contributed by atoms with Crippen LogP contribution in [0.1, 0.15) is 33.0 Å². The van der Waals surface area contributed by atoms with Crippen molar-refractivity contribution in [1.29, 1.82) is 0 Å². The van der Waals surface area contributed by atoms with Gasteiger partial charge in [0.25, 0.3) is 0 Å². The Hall–Kier alpha value is -3.65. The highest BCUT2D eigenvalue weighted by Crippen LogP contribution is 2.44. The van der Waals surface area contributed by atoms with E-state index in [1.807, 2.05) is 36.4 Å². The van der Waals surface area contributed by atoms with Crippen LogP contribution in [0.5, 0.6) is 0 Å². The van der Waals surface area contributed by atoms with E-state index in [2.05, 4.69) is 38.7 Å². The summed E-state index contributed by atoms with van der Waals surface area (Å²) in [6, 6.07) is 19.0. The largest absolute Gasteiger partial charge is 0.478 e. The first-order valence-corrected chi connectivity index (χ1v) is 11.1. The van der Waals surface area contributed by atoms with Gasteiger partial charge in [0, 0.05) is 16.1 Å². The van der Waals surface area contributed by atoms with Crippen molar-refractivity contribution in [2.24, 2.45) is 0 Å². The molecule has 0 atom stereocenters. The number of fused-ring (bicyclic) bond motifs is 3. The number of aromatic carboxylic acids is 1. The minimum Gasteiger partial charge on any atom is -0.478 e. The molecule has 0 saturated carbocycles. The lowest BCUT2D eigenvalue weighted by atomic mass is 9.98. The number of rotatable bonds is 6. The van der Waals surface area contributed by atoms with Crippen molar-refractivity contribution in [3.8, 4) is 11.1 Å². The third kappa shape index (κ3) is 4.75. The second-order valence-electron chi connectivity index (χ2n) is 7.68. The number of ether oxygens (including phenoxy) is 1. The Labute approximate surface area is 198 Å². The maximum atomic E-state index is 12.3. The van der Waals surface area contributed by atoms with E-state index in [1.165, 1.54) is 6.07 Å². The third-order valence-electron chi connectivity index (χ3n) is 5.56. The van der Waals surface area contributed by atoms with Crippen molar-refractivity contribution >= 4 is 39.6 Å². The molecule has 0 heterocycles. The number of carbonyl (C=O) groups excluding carboxylic acids is 2. The van der Waals surface area contributed by atoms with Crippen molar-refractivity contribution in [2.75, 3.05) is 18.5 Å². The average Bonchev–Trinajstić information content (AvgIpc) is 3.11. The van der Waals surface area contributed by atoms with E-state index in [1.54, 1.807) is 13.0 Å². The molecule has 1 aliphatic rings. The Morgan fingerprint density at radius 3 is 2.21 bits per heavy atom. The number of anilines is 1. The Balaban J connectivity index is 1.34. The van der Waals surface area contributed by atoms with Crippen LogP contribution < -0.4 is 10.6 Å². The molecule has 0 saturated heterocycles. The van der Waals surface area contributed by atoms with Gasteiger partial charge in [-0.2, -0.15) is 0 Å². The summed E-state index contributed by atoms with van der Waals surface area (Å²) in [5.41, 5.74) is 5.53. The lowest BCUT2D eigenvalue weighted by molar-refractivity contribution is -0.115. The Morgan fingerprint density at radius 1 is 1.00 bits per heavy atom. The lowest BCUT2D eigenvalue weighted by Gasteiger charge is -2.15. The van der Waals surface area contributed by atoms with Crippen LogP contribution in [0, 0.1) is 6.92 Å². The maximum Gasteiger partial charge on any atom is 0.407 e.